The summed E-state index contributed by atoms with van der Waals surface area (Å²) in [7, 11) is 0. The Morgan fingerprint density at radius 3 is 3.19 bits per heavy atom. The van der Waals surface area contributed by atoms with Gasteiger partial charge in [-0.3, -0.25) is 4.99 Å². The van der Waals surface area contributed by atoms with E-state index < -0.39 is 0 Å². The molecule has 0 radical (unpaired) electrons. The summed E-state index contributed by atoms with van der Waals surface area (Å²) in [4.78, 5) is 8.58. The molecule has 6 heteroatoms. The summed E-state index contributed by atoms with van der Waals surface area (Å²) in [5.41, 5.74) is 3.89. The summed E-state index contributed by atoms with van der Waals surface area (Å²) < 4.78 is 2.17. The van der Waals surface area contributed by atoms with Gasteiger partial charge in [0.05, 0.1) is 22.3 Å². The standard InChI is InChI=1S/C10H9BrN4S/c11-7-3-6(15-10-12-1-2-13-10)4-8-9(7)14-5-16-8/h3-5H,1-2H2,(H2,12,13,15). The van der Waals surface area contributed by atoms with Crippen molar-refractivity contribution in [3.63, 3.8) is 0 Å². The molecular weight excluding hydrogens is 288 g/mol. The number of hydrogen-bond acceptors (Lipinski definition) is 5. The zero-order chi connectivity index (χ0) is 11.0. The molecule has 82 valence electrons. The van der Waals surface area contributed by atoms with Crippen LogP contribution in [0, 0.1) is 0 Å². The molecule has 2 N–H and O–H groups in total. The maximum absolute atomic E-state index is 4.30. The van der Waals surface area contributed by atoms with Crippen molar-refractivity contribution in [1.82, 2.24) is 10.3 Å². The van der Waals surface area contributed by atoms with E-state index in [0.717, 1.165) is 39.4 Å². The van der Waals surface area contributed by atoms with Crippen LogP contribution in [-0.4, -0.2) is 24.0 Å². The van der Waals surface area contributed by atoms with E-state index in [2.05, 4.69) is 42.6 Å². The molecule has 1 aliphatic heterocycles. The number of benzene rings is 1. The Labute approximate surface area is 105 Å². The predicted molar refractivity (Wildman–Crippen MR) is 71.2 cm³/mol. The maximum Gasteiger partial charge on any atom is 0.195 e. The second kappa shape index (κ2) is 4.03. The summed E-state index contributed by atoms with van der Waals surface area (Å²) in [5.74, 6) is 0.843. The fourth-order valence-electron chi connectivity index (χ4n) is 1.62. The van der Waals surface area contributed by atoms with E-state index >= 15 is 0 Å². The molecule has 4 nitrogen and oxygen atoms in total. The first-order valence-electron chi connectivity index (χ1n) is 4.91. The lowest BCUT2D eigenvalue weighted by molar-refractivity contribution is 0.959. The van der Waals surface area contributed by atoms with Crippen molar-refractivity contribution < 1.29 is 0 Å². The molecule has 0 atom stereocenters. The SMILES string of the molecule is Brc1cc(NC2=NCCN2)cc2scnc12. The number of rotatable bonds is 1. The molecule has 0 aliphatic carbocycles. The Kier molecular flexibility index (Phi) is 2.53. The summed E-state index contributed by atoms with van der Waals surface area (Å²) in [5, 5.41) is 6.43. The highest BCUT2D eigenvalue weighted by Crippen LogP contribution is 2.29. The predicted octanol–water partition coefficient (Wildman–Crippen LogP) is 2.43. The third kappa shape index (κ3) is 1.78. The molecule has 0 unspecified atom stereocenters. The number of aromatic nitrogens is 1. The van der Waals surface area contributed by atoms with E-state index in [9.17, 15) is 0 Å². The van der Waals surface area contributed by atoms with Crippen LogP contribution in [0.3, 0.4) is 0 Å². The number of nitrogens with one attached hydrogen (secondary N) is 2. The highest BCUT2D eigenvalue weighted by Gasteiger charge is 2.08. The van der Waals surface area contributed by atoms with E-state index in [-0.39, 0.29) is 0 Å². The van der Waals surface area contributed by atoms with Crippen molar-refractivity contribution in [2.45, 2.75) is 0 Å². The number of thiazole rings is 1. The first kappa shape index (κ1) is 10.0. The van der Waals surface area contributed by atoms with Crippen molar-refractivity contribution >= 4 is 49.1 Å². The van der Waals surface area contributed by atoms with Crippen molar-refractivity contribution in [1.29, 1.82) is 0 Å². The molecule has 0 amide bonds. The maximum atomic E-state index is 4.30. The first-order chi connectivity index (χ1) is 7.83. The van der Waals surface area contributed by atoms with Crippen LogP contribution in [0.4, 0.5) is 5.69 Å². The molecule has 0 spiro atoms. The largest absolute Gasteiger partial charge is 0.354 e. The third-order valence-electron chi connectivity index (χ3n) is 2.33. The molecule has 2 aromatic rings. The van der Waals surface area contributed by atoms with E-state index in [4.69, 9.17) is 0 Å². The topological polar surface area (TPSA) is 49.3 Å². The summed E-state index contributed by atoms with van der Waals surface area (Å²) in [6, 6.07) is 4.10. The number of nitrogens with zero attached hydrogens (tertiary/aromatic N) is 2. The van der Waals surface area contributed by atoms with Gasteiger partial charge in [0.25, 0.3) is 0 Å². The summed E-state index contributed by atoms with van der Waals surface area (Å²) in [6.07, 6.45) is 0. The average molecular weight is 297 g/mol. The number of fused-ring (bicyclic) bond motifs is 1. The van der Waals surface area contributed by atoms with Gasteiger partial charge in [-0.15, -0.1) is 11.3 Å². The third-order valence-corrected chi connectivity index (χ3v) is 3.71. The number of hydrogen-bond donors (Lipinski definition) is 2. The normalized spacial score (nSPS) is 14.9. The summed E-state index contributed by atoms with van der Waals surface area (Å²) >= 11 is 5.15. The van der Waals surface area contributed by atoms with E-state index in [1.807, 2.05) is 11.6 Å². The monoisotopic (exact) mass is 296 g/mol. The second-order valence-electron chi connectivity index (χ2n) is 3.44. The van der Waals surface area contributed by atoms with Crippen LogP contribution >= 0.6 is 27.3 Å². The molecule has 3 rings (SSSR count). The van der Waals surface area contributed by atoms with Crippen LogP contribution in [0.2, 0.25) is 0 Å². The highest BCUT2D eigenvalue weighted by atomic mass is 79.9. The van der Waals surface area contributed by atoms with Gasteiger partial charge in [0, 0.05) is 16.7 Å². The minimum absolute atomic E-state index is 0.840. The molecule has 0 bridgehead atoms. The Bertz CT molecular complexity index is 563. The van der Waals surface area contributed by atoms with Crippen LogP contribution in [0.15, 0.2) is 27.1 Å². The minimum Gasteiger partial charge on any atom is -0.354 e. The fraction of sp³-hybridized carbons (Fsp3) is 0.200. The van der Waals surface area contributed by atoms with Gasteiger partial charge in [-0.25, -0.2) is 4.98 Å². The number of halogens is 1. The molecule has 16 heavy (non-hydrogen) atoms. The molecule has 1 aromatic heterocycles. The van der Waals surface area contributed by atoms with Crippen LogP contribution in [0.1, 0.15) is 0 Å². The van der Waals surface area contributed by atoms with Crippen LogP contribution in [0.25, 0.3) is 10.2 Å². The lowest BCUT2D eigenvalue weighted by Crippen LogP contribution is -2.26. The van der Waals surface area contributed by atoms with Crippen molar-refractivity contribution in [2.75, 3.05) is 18.4 Å². The summed E-state index contributed by atoms with van der Waals surface area (Å²) in [6.45, 7) is 1.75. The number of guanidine groups is 1. The van der Waals surface area contributed by atoms with Gasteiger partial charge in [0.2, 0.25) is 0 Å². The van der Waals surface area contributed by atoms with E-state index in [1.165, 1.54) is 0 Å². The average Bonchev–Trinajstić information content (AvgIpc) is 2.87. The van der Waals surface area contributed by atoms with Crippen LogP contribution in [0.5, 0.6) is 0 Å². The van der Waals surface area contributed by atoms with Gasteiger partial charge in [-0.2, -0.15) is 0 Å². The Morgan fingerprint density at radius 2 is 2.38 bits per heavy atom. The lowest BCUT2D eigenvalue weighted by atomic mass is 10.3. The van der Waals surface area contributed by atoms with Gasteiger partial charge in [-0.05, 0) is 28.1 Å². The zero-order valence-electron chi connectivity index (χ0n) is 8.33. The quantitative estimate of drug-likeness (QED) is 0.850. The van der Waals surface area contributed by atoms with Crippen molar-refractivity contribution in [3.8, 4) is 0 Å². The highest BCUT2D eigenvalue weighted by molar-refractivity contribution is 9.10. The Morgan fingerprint density at radius 1 is 1.44 bits per heavy atom. The molecule has 1 aliphatic rings. The van der Waals surface area contributed by atoms with Gasteiger partial charge >= 0.3 is 0 Å². The van der Waals surface area contributed by atoms with Crippen molar-refractivity contribution in [3.05, 3.63) is 22.1 Å². The lowest BCUT2D eigenvalue weighted by Gasteiger charge is -2.07. The van der Waals surface area contributed by atoms with Crippen molar-refractivity contribution in [2.24, 2.45) is 4.99 Å². The molecule has 0 saturated carbocycles. The second-order valence-corrected chi connectivity index (χ2v) is 5.18. The molecule has 0 fully saturated rings. The van der Waals surface area contributed by atoms with E-state index in [0.29, 0.717) is 0 Å². The van der Waals surface area contributed by atoms with Gasteiger partial charge in [0.1, 0.15) is 0 Å². The number of aliphatic imine (C=N–C) groups is 1. The van der Waals surface area contributed by atoms with Crippen LogP contribution in [-0.2, 0) is 0 Å². The van der Waals surface area contributed by atoms with E-state index in [1.54, 1.807) is 11.3 Å². The Balaban J connectivity index is 1.97. The first-order valence-corrected chi connectivity index (χ1v) is 6.58. The number of anilines is 1. The van der Waals surface area contributed by atoms with Crippen LogP contribution < -0.4 is 10.6 Å². The van der Waals surface area contributed by atoms with Gasteiger partial charge in [0.15, 0.2) is 5.96 Å². The molecule has 2 heterocycles. The fourth-order valence-corrected chi connectivity index (χ4v) is 3.05. The molecule has 1 aromatic carbocycles. The Hall–Kier alpha value is -1.14. The molecule has 0 saturated heterocycles. The minimum atomic E-state index is 0.840. The zero-order valence-corrected chi connectivity index (χ0v) is 10.7. The molecular formula is C10H9BrN4S. The smallest absolute Gasteiger partial charge is 0.195 e. The van der Waals surface area contributed by atoms with Gasteiger partial charge < -0.3 is 10.6 Å². The van der Waals surface area contributed by atoms with Gasteiger partial charge in [-0.1, -0.05) is 0 Å².